The van der Waals surface area contributed by atoms with Crippen molar-refractivity contribution in [3.63, 3.8) is 0 Å². The molecule has 3 rings (SSSR count). The zero-order chi connectivity index (χ0) is 22.8. The number of rotatable bonds is 9. The predicted molar refractivity (Wildman–Crippen MR) is 115 cm³/mol. The Morgan fingerprint density at radius 2 is 1.90 bits per heavy atom. The van der Waals surface area contributed by atoms with E-state index in [1.165, 1.54) is 0 Å². The molecule has 168 valence electrons. The van der Waals surface area contributed by atoms with Gasteiger partial charge in [-0.05, 0) is 44.4 Å². The summed E-state index contributed by atoms with van der Waals surface area (Å²) in [6.07, 6.45) is 1.40. The average Bonchev–Trinajstić information content (AvgIpc) is 3.06. The molecule has 0 unspecified atom stereocenters. The van der Waals surface area contributed by atoms with Crippen LogP contribution >= 0.6 is 0 Å². The maximum absolute atomic E-state index is 13.9. The molecule has 3 aromatic rings. The van der Waals surface area contributed by atoms with E-state index in [9.17, 15) is 17.2 Å². The number of hydrogen-bond donors (Lipinski definition) is 1. The highest BCUT2D eigenvalue weighted by Gasteiger charge is 2.21. The number of sulfone groups is 1. The summed E-state index contributed by atoms with van der Waals surface area (Å²) >= 11 is 0. The number of aromatic nitrogens is 3. The standard InChI is InChI=1S/C21H26F2N4O3S/c1-13-14(2)25-21(24)19-20(13)27(18(26-19)8-10-30-3)9-4-5-11-31(28,29)17-7-6-15(22)12-16(17)23/h6-7,12H,4-5,8-11H2,1-3H3,(H2,24,25). The molecule has 31 heavy (non-hydrogen) atoms. The average molecular weight is 453 g/mol. The van der Waals surface area contributed by atoms with Crippen LogP contribution in [0.25, 0.3) is 11.0 Å². The van der Waals surface area contributed by atoms with E-state index < -0.39 is 26.4 Å². The third-order valence-corrected chi connectivity index (χ3v) is 7.11. The van der Waals surface area contributed by atoms with Crippen LogP contribution in [0.5, 0.6) is 0 Å². The molecule has 0 spiro atoms. The Morgan fingerprint density at radius 1 is 1.16 bits per heavy atom. The van der Waals surface area contributed by atoms with Crippen molar-refractivity contribution in [1.82, 2.24) is 14.5 Å². The molecule has 0 aliphatic rings. The Labute approximate surface area is 180 Å². The third-order valence-electron chi connectivity index (χ3n) is 5.28. The lowest BCUT2D eigenvalue weighted by Crippen LogP contribution is -2.12. The minimum Gasteiger partial charge on any atom is -0.384 e. The van der Waals surface area contributed by atoms with Gasteiger partial charge < -0.3 is 15.0 Å². The van der Waals surface area contributed by atoms with Crippen LogP contribution in [0.2, 0.25) is 0 Å². The number of nitrogens with two attached hydrogens (primary N) is 1. The Bertz CT molecular complexity index is 1210. The smallest absolute Gasteiger partial charge is 0.181 e. The first kappa shape index (κ1) is 23.1. The van der Waals surface area contributed by atoms with Crippen molar-refractivity contribution >= 4 is 26.7 Å². The summed E-state index contributed by atoms with van der Waals surface area (Å²) in [4.78, 5) is 8.50. The van der Waals surface area contributed by atoms with E-state index in [0.29, 0.717) is 49.8 Å². The fourth-order valence-electron chi connectivity index (χ4n) is 3.57. The van der Waals surface area contributed by atoms with Crippen LogP contribution in [0.15, 0.2) is 23.1 Å². The second kappa shape index (κ2) is 9.27. The number of benzene rings is 1. The quantitative estimate of drug-likeness (QED) is 0.395. The van der Waals surface area contributed by atoms with Crippen molar-refractivity contribution in [2.24, 2.45) is 0 Å². The molecule has 2 heterocycles. The van der Waals surface area contributed by atoms with Crippen LogP contribution in [0, 0.1) is 25.5 Å². The monoisotopic (exact) mass is 452 g/mol. The topological polar surface area (TPSA) is 100 Å². The van der Waals surface area contributed by atoms with Gasteiger partial charge in [0.1, 0.15) is 27.9 Å². The van der Waals surface area contributed by atoms with Gasteiger partial charge >= 0.3 is 0 Å². The number of anilines is 1. The third kappa shape index (κ3) is 4.85. The molecule has 0 aliphatic carbocycles. The molecule has 7 nitrogen and oxygen atoms in total. The minimum atomic E-state index is -3.85. The van der Waals surface area contributed by atoms with E-state index in [1.807, 2.05) is 18.4 Å². The molecule has 0 fully saturated rings. The molecule has 0 radical (unpaired) electrons. The van der Waals surface area contributed by atoms with E-state index in [2.05, 4.69) is 9.97 Å². The number of hydrogen-bond acceptors (Lipinski definition) is 6. The van der Waals surface area contributed by atoms with Gasteiger partial charge in [-0.25, -0.2) is 27.2 Å². The fraction of sp³-hybridized carbons (Fsp3) is 0.429. The van der Waals surface area contributed by atoms with Crippen molar-refractivity contribution in [2.75, 3.05) is 25.2 Å². The Hall–Kier alpha value is -2.59. The van der Waals surface area contributed by atoms with Crippen LogP contribution in [0.1, 0.15) is 29.9 Å². The van der Waals surface area contributed by atoms with E-state index in [0.717, 1.165) is 34.7 Å². The first-order valence-corrected chi connectivity index (χ1v) is 11.6. The van der Waals surface area contributed by atoms with Crippen LogP contribution in [-0.4, -0.2) is 42.4 Å². The summed E-state index contributed by atoms with van der Waals surface area (Å²) in [5, 5.41) is 0. The Balaban J connectivity index is 1.80. The second-order valence-electron chi connectivity index (χ2n) is 7.43. The summed E-state index contributed by atoms with van der Waals surface area (Å²) in [5.74, 6) is -0.989. The summed E-state index contributed by atoms with van der Waals surface area (Å²) < 4.78 is 59.1. The summed E-state index contributed by atoms with van der Waals surface area (Å²) in [7, 11) is -2.24. The first-order valence-electron chi connectivity index (χ1n) is 9.94. The number of fused-ring (bicyclic) bond motifs is 1. The lowest BCUT2D eigenvalue weighted by molar-refractivity contribution is 0.199. The highest BCUT2D eigenvalue weighted by Crippen LogP contribution is 2.27. The number of imidazole rings is 1. The molecule has 0 saturated heterocycles. The SMILES string of the molecule is COCCc1nc2c(N)nc(C)c(C)c2n1CCCCS(=O)(=O)c1ccc(F)cc1F. The van der Waals surface area contributed by atoms with Crippen LogP contribution in [0.4, 0.5) is 14.6 Å². The van der Waals surface area contributed by atoms with Crippen molar-refractivity contribution in [3.8, 4) is 0 Å². The highest BCUT2D eigenvalue weighted by atomic mass is 32.2. The molecule has 10 heteroatoms. The molecule has 0 aliphatic heterocycles. The first-order chi connectivity index (χ1) is 14.7. The van der Waals surface area contributed by atoms with Gasteiger partial charge in [-0.3, -0.25) is 0 Å². The van der Waals surface area contributed by atoms with Gasteiger partial charge in [-0.2, -0.15) is 0 Å². The Morgan fingerprint density at radius 3 is 2.58 bits per heavy atom. The lowest BCUT2D eigenvalue weighted by atomic mass is 10.2. The lowest BCUT2D eigenvalue weighted by Gasteiger charge is -2.12. The summed E-state index contributed by atoms with van der Waals surface area (Å²) in [6.45, 7) is 4.82. The molecular weight excluding hydrogens is 426 g/mol. The number of methoxy groups -OCH3 is 1. The van der Waals surface area contributed by atoms with Gasteiger partial charge in [0, 0.05) is 31.8 Å². The summed E-state index contributed by atoms with van der Waals surface area (Å²) in [5.41, 5.74) is 9.34. The fourth-order valence-corrected chi connectivity index (χ4v) is 5.01. The number of ether oxygens (including phenoxy) is 1. The molecule has 2 N–H and O–H groups in total. The molecule has 0 atom stereocenters. The van der Waals surface area contributed by atoms with Gasteiger partial charge in [0.15, 0.2) is 15.7 Å². The molecule has 0 bridgehead atoms. The minimum absolute atomic E-state index is 0.239. The van der Waals surface area contributed by atoms with Gasteiger partial charge in [0.2, 0.25) is 0 Å². The normalized spacial score (nSPS) is 12.0. The molecule has 2 aromatic heterocycles. The summed E-state index contributed by atoms with van der Waals surface area (Å²) in [6, 6.07) is 2.49. The number of pyridine rings is 1. The van der Waals surface area contributed by atoms with E-state index >= 15 is 0 Å². The van der Waals surface area contributed by atoms with Crippen molar-refractivity contribution in [3.05, 3.63) is 46.9 Å². The van der Waals surface area contributed by atoms with Crippen LogP contribution < -0.4 is 5.73 Å². The van der Waals surface area contributed by atoms with Gasteiger partial charge in [0.05, 0.1) is 17.9 Å². The van der Waals surface area contributed by atoms with E-state index in [1.54, 1.807) is 7.11 Å². The highest BCUT2D eigenvalue weighted by molar-refractivity contribution is 7.91. The Kier molecular flexibility index (Phi) is 6.90. The number of unbranched alkanes of at least 4 members (excludes halogenated alkanes) is 1. The maximum atomic E-state index is 13.9. The van der Waals surface area contributed by atoms with Crippen molar-refractivity contribution in [2.45, 2.75) is 44.6 Å². The van der Waals surface area contributed by atoms with Gasteiger partial charge in [-0.1, -0.05) is 0 Å². The number of aryl methyl sites for hydroxylation is 3. The van der Waals surface area contributed by atoms with E-state index in [-0.39, 0.29) is 5.75 Å². The largest absolute Gasteiger partial charge is 0.384 e. The van der Waals surface area contributed by atoms with Gasteiger partial charge in [0.25, 0.3) is 0 Å². The number of nitrogens with zero attached hydrogens (tertiary/aromatic N) is 3. The maximum Gasteiger partial charge on any atom is 0.181 e. The van der Waals surface area contributed by atoms with Crippen molar-refractivity contribution in [1.29, 1.82) is 0 Å². The molecule has 1 aromatic carbocycles. The molecule has 0 amide bonds. The van der Waals surface area contributed by atoms with E-state index in [4.69, 9.17) is 10.5 Å². The zero-order valence-electron chi connectivity index (χ0n) is 17.8. The number of nitrogen functional groups attached to an aromatic ring is 1. The number of halogens is 2. The molecular formula is C21H26F2N4O3S. The van der Waals surface area contributed by atoms with Crippen molar-refractivity contribution < 1.29 is 21.9 Å². The zero-order valence-corrected chi connectivity index (χ0v) is 18.6. The predicted octanol–water partition coefficient (Wildman–Crippen LogP) is 3.35. The van der Waals surface area contributed by atoms with Crippen LogP contribution in [-0.2, 0) is 27.5 Å². The second-order valence-corrected chi connectivity index (χ2v) is 9.51. The van der Waals surface area contributed by atoms with Gasteiger partial charge in [-0.15, -0.1) is 0 Å². The van der Waals surface area contributed by atoms with Crippen LogP contribution in [0.3, 0.4) is 0 Å². The molecule has 0 saturated carbocycles.